The Balaban J connectivity index is 2.16. The molecule has 0 heterocycles. The van der Waals surface area contributed by atoms with Crippen molar-refractivity contribution in [3.05, 3.63) is 42.5 Å². The van der Waals surface area contributed by atoms with Gasteiger partial charge in [-0.2, -0.15) is 0 Å². The Bertz CT molecular complexity index is 366. The molecule has 1 N–H and O–H groups in total. The SMILES string of the molecule is C=CCOc1ccccc1CNCCCOCCCC. The summed E-state index contributed by atoms with van der Waals surface area (Å²) in [7, 11) is 0. The first-order chi connectivity index (χ1) is 9.88. The van der Waals surface area contributed by atoms with Gasteiger partial charge in [0.25, 0.3) is 0 Å². The average Bonchev–Trinajstić information content (AvgIpc) is 2.49. The molecule has 0 radical (unpaired) electrons. The highest BCUT2D eigenvalue weighted by atomic mass is 16.5. The van der Waals surface area contributed by atoms with Crippen molar-refractivity contribution in [2.24, 2.45) is 0 Å². The Labute approximate surface area is 123 Å². The predicted octanol–water partition coefficient (Wildman–Crippen LogP) is 3.55. The number of unbranched alkanes of at least 4 members (excludes halogenated alkanes) is 1. The van der Waals surface area contributed by atoms with E-state index in [0.717, 1.165) is 44.9 Å². The largest absolute Gasteiger partial charge is 0.489 e. The average molecular weight is 277 g/mol. The molecule has 0 amide bonds. The molecule has 1 rings (SSSR count). The molecule has 0 aliphatic heterocycles. The molecule has 0 atom stereocenters. The second kappa shape index (κ2) is 11.5. The third-order valence-electron chi connectivity index (χ3n) is 2.93. The molecule has 0 aromatic heterocycles. The smallest absolute Gasteiger partial charge is 0.124 e. The second-order valence-electron chi connectivity index (χ2n) is 4.70. The number of benzene rings is 1. The van der Waals surface area contributed by atoms with Crippen molar-refractivity contribution in [3.8, 4) is 5.75 Å². The van der Waals surface area contributed by atoms with Crippen LogP contribution in [-0.2, 0) is 11.3 Å². The minimum atomic E-state index is 0.544. The number of para-hydroxylation sites is 1. The first-order valence-electron chi connectivity index (χ1n) is 7.48. The number of hydrogen-bond donors (Lipinski definition) is 1. The van der Waals surface area contributed by atoms with Crippen molar-refractivity contribution < 1.29 is 9.47 Å². The Hall–Kier alpha value is -1.32. The molecule has 0 saturated heterocycles. The summed E-state index contributed by atoms with van der Waals surface area (Å²) in [5.41, 5.74) is 1.18. The lowest BCUT2D eigenvalue weighted by Crippen LogP contribution is -2.17. The summed E-state index contributed by atoms with van der Waals surface area (Å²) in [5.74, 6) is 0.930. The minimum absolute atomic E-state index is 0.544. The van der Waals surface area contributed by atoms with E-state index in [1.54, 1.807) is 6.08 Å². The quantitative estimate of drug-likeness (QED) is 0.468. The summed E-state index contributed by atoms with van der Waals surface area (Å²) in [6, 6.07) is 8.10. The normalized spacial score (nSPS) is 10.4. The first kappa shape index (κ1) is 16.7. The van der Waals surface area contributed by atoms with Crippen LogP contribution in [0.4, 0.5) is 0 Å². The number of rotatable bonds is 12. The summed E-state index contributed by atoms with van der Waals surface area (Å²) in [6.07, 6.45) is 5.15. The molecule has 0 spiro atoms. The van der Waals surface area contributed by atoms with E-state index in [1.807, 2.05) is 18.2 Å². The summed E-state index contributed by atoms with van der Waals surface area (Å²) in [6.45, 7) is 9.89. The van der Waals surface area contributed by atoms with Crippen molar-refractivity contribution >= 4 is 0 Å². The minimum Gasteiger partial charge on any atom is -0.489 e. The van der Waals surface area contributed by atoms with Crippen molar-refractivity contribution in [2.75, 3.05) is 26.4 Å². The van der Waals surface area contributed by atoms with E-state index < -0.39 is 0 Å². The van der Waals surface area contributed by atoms with Crippen LogP contribution in [0.15, 0.2) is 36.9 Å². The van der Waals surface area contributed by atoms with Gasteiger partial charge >= 0.3 is 0 Å². The van der Waals surface area contributed by atoms with E-state index in [1.165, 1.54) is 12.0 Å². The van der Waals surface area contributed by atoms with Gasteiger partial charge in [0.05, 0.1) is 0 Å². The van der Waals surface area contributed by atoms with Gasteiger partial charge < -0.3 is 14.8 Å². The molecule has 0 saturated carbocycles. The fourth-order valence-electron chi connectivity index (χ4n) is 1.81. The Morgan fingerprint density at radius 1 is 1.20 bits per heavy atom. The molecule has 0 unspecified atom stereocenters. The molecule has 3 heteroatoms. The van der Waals surface area contributed by atoms with Crippen molar-refractivity contribution in [2.45, 2.75) is 32.7 Å². The third kappa shape index (κ3) is 7.31. The van der Waals surface area contributed by atoms with Crippen LogP contribution in [0.2, 0.25) is 0 Å². The highest BCUT2D eigenvalue weighted by molar-refractivity contribution is 5.33. The zero-order valence-electron chi connectivity index (χ0n) is 12.6. The van der Waals surface area contributed by atoms with E-state index in [-0.39, 0.29) is 0 Å². The van der Waals surface area contributed by atoms with Crippen LogP contribution in [0.25, 0.3) is 0 Å². The first-order valence-corrected chi connectivity index (χ1v) is 7.48. The molecule has 3 nitrogen and oxygen atoms in total. The van der Waals surface area contributed by atoms with Crippen LogP contribution >= 0.6 is 0 Å². The lowest BCUT2D eigenvalue weighted by molar-refractivity contribution is 0.128. The summed E-state index contributed by atoms with van der Waals surface area (Å²) < 4.78 is 11.2. The number of ether oxygens (including phenoxy) is 2. The fourth-order valence-corrected chi connectivity index (χ4v) is 1.81. The van der Waals surface area contributed by atoms with Gasteiger partial charge in [-0.05, 0) is 25.5 Å². The lowest BCUT2D eigenvalue weighted by atomic mass is 10.2. The zero-order chi connectivity index (χ0) is 14.5. The van der Waals surface area contributed by atoms with Crippen LogP contribution in [0.3, 0.4) is 0 Å². The van der Waals surface area contributed by atoms with Crippen molar-refractivity contribution in [1.29, 1.82) is 0 Å². The van der Waals surface area contributed by atoms with Gasteiger partial charge in [-0.1, -0.05) is 44.2 Å². The topological polar surface area (TPSA) is 30.5 Å². The van der Waals surface area contributed by atoms with E-state index in [0.29, 0.717) is 6.61 Å². The van der Waals surface area contributed by atoms with Crippen molar-refractivity contribution in [3.63, 3.8) is 0 Å². The number of nitrogens with one attached hydrogen (secondary N) is 1. The van der Waals surface area contributed by atoms with Gasteiger partial charge in [-0.25, -0.2) is 0 Å². The van der Waals surface area contributed by atoms with Gasteiger partial charge in [-0.3, -0.25) is 0 Å². The third-order valence-corrected chi connectivity index (χ3v) is 2.93. The van der Waals surface area contributed by atoms with Gasteiger partial charge in [0.15, 0.2) is 0 Å². The van der Waals surface area contributed by atoms with Crippen LogP contribution in [0.1, 0.15) is 31.7 Å². The molecular weight excluding hydrogens is 250 g/mol. The molecule has 1 aromatic carbocycles. The van der Waals surface area contributed by atoms with E-state index >= 15 is 0 Å². The maximum absolute atomic E-state index is 5.63. The fraction of sp³-hybridized carbons (Fsp3) is 0.529. The summed E-state index contributed by atoms with van der Waals surface area (Å²) in [4.78, 5) is 0. The zero-order valence-corrected chi connectivity index (χ0v) is 12.6. The van der Waals surface area contributed by atoms with Crippen LogP contribution in [-0.4, -0.2) is 26.4 Å². The second-order valence-corrected chi connectivity index (χ2v) is 4.70. The van der Waals surface area contributed by atoms with E-state index in [4.69, 9.17) is 9.47 Å². The highest BCUT2D eigenvalue weighted by Gasteiger charge is 2.01. The van der Waals surface area contributed by atoms with Gasteiger partial charge in [0.1, 0.15) is 12.4 Å². The Kier molecular flexibility index (Phi) is 9.62. The molecule has 0 fully saturated rings. The monoisotopic (exact) mass is 277 g/mol. The van der Waals surface area contributed by atoms with Crippen LogP contribution in [0.5, 0.6) is 5.75 Å². The summed E-state index contributed by atoms with van der Waals surface area (Å²) in [5, 5.41) is 3.42. The molecule has 112 valence electrons. The van der Waals surface area contributed by atoms with Crippen LogP contribution < -0.4 is 10.1 Å². The van der Waals surface area contributed by atoms with Crippen molar-refractivity contribution in [1.82, 2.24) is 5.32 Å². The molecule has 0 aliphatic rings. The number of hydrogen-bond acceptors (Lipinski definition) is 3. The van der Waals surface area contributed by atoms with Crippen LogP contribution in [0, 0.1) is 0 Å². The van der Waals surface area contributed by atoms with Gasteiger partial charge in [0.2, 0.25) is 0 Å². The Morgan fingerprint density at radius 3 is 2.80 bits per heavy atom. The van der Waals surface area contributed by atoms with E-state index in [2.05, 4.69) is 24.9 Å². The molecule has 0 bridgehead atoms. The molecule has 20 heavy (non-hydrogen) atoms. The standard InChI is InChI=1S/C17H27NO2/c1-3-5-13-19-14-8-11-18-15-16-9-6-7-10-17(16)20-12-4-2/h4,6-7,9-10,18H,2-3,5,8,11-15H2,1H3. The van der Waals surface area contributed by atoms with Gasteiger partial charge in [-0.15, -0.1) is 0 Å². The van der Waals surface area contributed by atoms with E-state index in [9.17, 15) is 0 Å². The maximum Gasteiger partial charge on any atom is 0.124 e. The predicted molar refractivity (Wildman–Crippen MR) is 84.2 cm³/mol. The molecule has 0 aliphatic carbocycles. The summed E-state index contributed by atoms with van der Waals surface area (Å²) >= 11 is 0. The highest BCUT2D eigenvalue weighted by Crippen LogP contribution is 2.17. The molecule has 1 aromatic rings. The van der Waals surface area contributed by atoms with Gasteiger partial charge in [0, 0.05) is 25.3 Å². The molecular formula is C17H27NO2. The Morgan fingerprint density at radius 2 is 2.00 bits per heavy atom. The maximum atomic E-state index is 5.63. The lowest BCUT2D eigenvalue weighted by Gasteiger charge is -2.11.